The maximum absolute atomic E-state index is 13.5. The average molecular weight is 451 g/mol. The van der Waals surface area contributed by atoms with Gasteiger partial charge in [-0.25, -0.2) is 9.18 Å². The minimum absolute atomic E-state index is 0.0798. The zero-order valence-electron chi connectivity index (χ0n) is 18.5. The largest absolute Gasteiger partial charge is 0.490 e. The lowest BCUT2D eigenvalue weighted by atomic mass is 9.84. The van der Waals surface area contributed by atoms with Gasteiger partial charge < -0.3 is 15.2 Å². The van der Waals surface area contributed by atoms with Crippen molar-refractivity contribution in [3.05, 3.63) is 78.1 Å². The van der Waals surface area contributed by atoms with Crippen LogP contribution in [-0.2, 0) is 10.3 Å². The summed E-state index contributed by atoms with van der Waals surface area (Å²) in [7, 11) is 0. The number of nitrogens with one attached hydrogen (secondary N) is 1. The Balaban J connectivity index is 1.48. The minimum atomic E-state index is -1.27. The minimum Gasteiger partial charge on any atom is -0.490 e. The Morgan fingerprint density at radius 3 is 2.55 bits per heavy atom. The highest BCUT2D eigenvalue weighted by Crippen LogP contribution is 2.34. The molecule has 0 bridgehead atoms. The number of halogens is 1. The van der Waals surface area contributed by atoms with E-state index >= 15 is 0 Å². The number of aliphatic hydroxyl groups excluding tert-OH is 1. The molecule has 0 spiro atoms. The molecule has 172 valence electrons. The van der Waals surface area contributed by atoms with Crippen molar-refractivity contribution < 1.29 is 23.8 Å². The van der Waals surface area contributed by atoms with Gasteiger partial charge in [0.2, 0.25) is 0 Å². The van der Waals surface area contributed by atoms with Gasteiger partial charge >= 0.3 is 6.03 Å². The van der Waals surface area contributed by atoms with Crippen LogP contribution in [0.2, 0.25) is 0 Å². The number of hydrogen-bond acceptors (Lipinski definition) is 4. The second kappa shape index (κ2) is 9.58. The van der Waals surface area contributed by atoms with Crippen LogP contribution in [0.3, 0.4) is 0 Å². The number of aliphatic hydroxyl groups is 1. The number of urea groups is 1. The summed E-state index contributed by atoms with van der Waals surface area (Å²) in [5, 5.41) is 15.3. The summed E-state index contributed by atoms with van der Waals surface area (Å²) in [5.74, 6) is -0.247. The first-order valence-corrected chi connectivity index (χ1v) is 11.1. The first kappa shape index (κ1) is 22.7. The number of rotatable bonds is 9. The van der Waals surface area contributed by atoms with E-state index in [1.54, 1.807) is 0 Å². The first-order valence-electron chi connectivity index (χ1n) is 11.1. The van der Waals surface area contributed by atoms with Crippen LogP contribution in [-0.4, -0.2) is 41.2 Å². The number of benzene rings is 3. The molecule has 1 heterocycles. The predicted octanol–water partition coefficient (Wildman–Crippen LogP) is 4.36. The highest BCUT2D eigenvalue weighted by Gasteiger charge is 2.52. The Morgan fingerprint density at radius 1 is 1.06 bits per heavy atom. The molecule has 1 fully saturated rings. The summed E-state index contributed by atoms with van der Waals surface area (Å²) in [6.07, 6.45) is 0.838. The molecule has 1 aliphatic heterocycles. The Kier molecular flexibility index (Phi) is 6.60. The van der Waals surface area contributed by atoms with Gasteiger partial charge in [-0.15, -0.1) is 0 Å². The molecule has 2 unspecified atom stereocenters. The number of carbonyl (C=O) groups is 2. The molecule has 1 aliphatic rings. The lowest BCUT2D eigenvalue weighted by molar-refractivity contribution is -0.133. The van der Waals surface area contributed by atoms with Crippen molar-refractivity contribution >= 4 is 22.7 Å². The van der Waals surface area contributed by atoms with Crippen molar-refractivity contribution in [3.63, 3.8) is 0 Å². The van der Waals surface area contributed by atoms with Crippen molar-refractivity contribution in [2.24, 2.45) is 0 Å². The smallest absolute Gasteiger partial charge is 0.325 e. The number of fused-ring (bicyclic) bond motifs is 1. The van der Waals surface area contributed by atoms with E-state index in [0.717, 1.165) is 22.1 Å². The Bertz CT molecular complexity index is 1150. The number of hydrogen-bond donors (Lipinski definition) is 2. The van der Waals surface area contributed by atoms with Crippen LogP contribution in [0, 0.1) is 5.82 Å². The molecular weight excluding hydrogens is 423 g/mol. The van der Waals surface area contributed by atoms with Crippen LogP contribution in [0.5, 0.6) is 5.75 Å². The van der Waals surface area contributed by atoms with Crippen LogP contribution >= 0.6 is 0 Å². The van der Waals surface area contributed by atoms with Gasteiger partial charge in [-0.05, 0) is 35.6 Å². The number of carbonyl (C=O) groups excluding carboxylic acids is 2. The molecule has 0 saturated carbocycles. The Labute approximate surface area is 192 Å². The van der Waals surface area contributed by atoms with Gasteiger partial charge in [0.1, 0.15) is 29.8 Å². The van der Waals surface area contributed by atoms with Crippen molar-refractivity contribution in [1.29, 1.82) is 0 Å². The molecule has 3 aromatic carbocycles. The predicted molar refractivity (Wildman–Crippen MR) is 123 cm³/mol. The quantitative estimate of drug-likeness (QED) is 0.475. The van der Waals surface area contributed by atoms with E-state index in [4.69, 9.17) is 4.74 Å². The van der Waals surface area contributed by atoms with Crippen LogP contribution in [0.1, 0.15) is 31.7 Å². The van der Waals surface area contributed by atoms with Gasteiger partial charge in [-0.2, -0.15) is 0 Å². The van der Waals surface area contributed by atoms with E-state index in [1.807, 2.05) is 49.4 Å². The molecule has 0 aliphatic carbocycles. The molecule has 7 heteroatoms. The Morgan fingerprint density at radius 2 is 1.79 bits per heavy atom. The van der Waals surface area contributed by atoms with Crippen LogP contribution in [0.15, 0.2) is 66.7 Å². The molecular formula is C26H27FN2O4. The van der Waals surface area contributed by atoms with Crippen LogP contribution in [0.4, 0.5) is 9.18 Å². The number of ether oxygens (including phenoxy) is 1. The van der Waals surface area contributed by atoms with Gasteiger partial charge in [-0.1, -0.05) is 68.3 Å². The van der Waals surface area contributed by atoms with Crippen LogP contribution in [0.25, 0.3) is 10.8 Å². The third-order valence-corrected chi connectivity index (χ3v) is 5.99. The maximum atomic E-state index is 13.5. The normalized spacial score (nSPS) is 19.1. The van der Waals surface area contributed by atoms with Gasteiger partial charge in [0, 0.05) is 5.39 Å². The summed E-state index contributed by atoms with van der Waals surface area (Å²) in [6, 6.07) is 18.4. The first-order chi connectivity index (χ1) is 15.9. The zero-order chi connectivity index (χ0) is 23.4. The van der Waals surface area contributed by atoms with E-state index < -0.39 is 29.4 Å². The number of amides is 3. The van der Waals surface area contributed by atoms with Gasteiger partial charge in [0.05, 0.1) is 6.54 Å². The standard InChI is InChI=1S/C26H27FN2O4/c1-2-3-15-26(19-11-13-20(27)14-12-19)24(31)29(25(32)28-26)16-21(30)17-33-23-10-6-8-18-7-4-5-9-22(18)23/h4-14,21,30H,2-3,15-17H2,1H3,(H,28,32). The van der Waals surface area contributed by atoms with Gasteiger partial charge in [-0.3, -0.25) is 9.69 Å². The average Bonchev–Trinajstić information content (AvgIpc) is 3.06. The van der Waals surface area contributed by atoms with Crippen molar-refractivity contribution in [1.82, 2.24) is 10.2 Å². The molecule has 6 nitrogen and oxygen atoms in total. The highest BCUT2D eigenvalue weighted by molar-refractivity contribution is 6.07. The topological polar surface area (TPSA) is 78.9 Å². The number of nitrogens with zero attached hydrogens (tertiary/aromatic N) is 1. The van der Waals surface area contributed by atoms with E-state index in [-0.39, 0.29) is 13.2 Å². The fraction of sp³-hybridized carbons (Fsp3) is 0.308. The molecule has 33 heavy (non-hydrogen) atoms. The summed E-state index contributed by atoms with van der Waals surface area (Å²) in [4.78, 5) is 27.2. The maximum Gasteiger partial charge on any atom is 0.325 e. The molecule has 0 aromatic heterocycles. The lowest BCUT2D eigenvalue weighted by Crippen LogP contribution is -2.45. The van der Waals surface area contributed by atoms with Crippen molar-refractivity contribution in [2.45, 2.75) is 37.8 Å². The number of imide groups is 1. The molecule has 0 radical (unpaired) electrons. The SMILES string of the molecule is CCCCC1(c2ccc(F)cc2)NC(=O)N(CC(O)COc2cccc3ccccc23)C1=O. The second-order valence-corrected chi connectivity index (χ2v) is 8.30. The van der Waals surface area contributed by atoms with Crippen molar-refractivity contribution in [2.75, 3.05) is 13.2 Å². The molecule has 4 rings (SSSR count). The van der Waals surface area contributed by atoms with Crippen LogP contribution < -0.4 is 10.1 Å². The Hall–Kier alpha value is -3.45. The molecule has 1 saturated heterocycles. The van der Waals surface area contributed by atoms with E-state index in [9.17, 15) is 19.1 Å². The third-order valence-electron chi connectivity index (χ3n) is 5.99. The zero-order valence-corrected chi connectivity index (χ0v) is 18.5. The highest BCUT2D eigenvalue weighted by atomic mass is 19.1. The monoisotopic (exact) mass is 450 g/mol. The van der Waals surface area contributed by atoms with Gasteiger partial charge in [0.25, 0.3) is 5.91 Å². The third kappa shape index (κ3) is 4.54. The lowest BCUT2D eigenvalue weighted by Gasteiger charge is -2.27. The molecule has 3 aromatic rings. The fourth-order valence-electron chi connectivity index (χ4n) is 4.25. The summed E-state index contributed by atoms with van der Waals surface area (Å²) in [6.45, 7) is 1.71. The summed E-state index contributed by atoms with van der Waals surface area (Å²) >= 11 is 0. The number of β-amino-alcohol motifs (C(OH)–C–C–N with tert-alkyl or cyclic N) is 1. The second-order valence-electron chi connectivity index (χ2n) is 8.30. The molecule has 2 atom stereocenters. The number of unbranched alkanes of at least 4 members (excludes halogenated alkanes) is 1. The molecule has 2 N–H and O–H groups in total. The summed E-state index contributed by atoms with van der Waals surface area (Å²) < 4.78 is 19.3. The summed E-state index contributed by atoms with van der Waals surface area (Å²) in [5.41, 5.74) is -0.739. The van der Waals surface area contributed by atoms with E-state index in [1.165, 1.54) is 24.3 Å². The molecule has 3 amide bonds. The van der Waals surface area contributed by atoms with E-state index in [2.05, 4.69) is 5.32 Å². The van der Waals surface area contributed by atoms with E-state index in [0.29, 0.717) is 24.2 Å². The fourth-order valence-corrected chi connectivity index (χ4v) is 4.25. The van der Waals surface area contributed by atoms with Gasteiger partial charge in [0.15, 0.2) is 0 Å². The van der Waals surface area contributed by atoms with Crippen molar-refractivity contribution in [3.8, 4) is 5.75 Å².